The van der Waals surface area contributed by atoms with Gasteiger partial charge in [0.25, 0.3) is 11.1 Å². The first-order chi connectivity index (χ1) is 30.6. The van der Waals surface area contributed by atoms with Crippen LogP contribution < -0.4 is 27.8 Å². The summed E-state index contributed by atoms with van der Waals surface area (Å²) in [5.41, 5.74) is 2.32. The number of rotatable bonds is 14. The quantitative estimate of drug-likeness (QED) is 0.0900. The SMILES string of the molecule is C.CCC(C=O)NC(=O)C(C)(C)Sc1nc2c(c(=O)n(C)c(=O)n2C)n1Cc1cccc(Br)c1.CCc1coc(C(C)(C)Sc2nc3c(c(=O)n(C)c(=O)n3C)n2Cc2cccc(Br)c2)n1. The summed E-state index contributed by atoms with van der Waals surface area (Å²) in [7, 11) is 6.09. The number of benzene rings is 2. The van der Waals surface area contributed by atoms with Crippen LogP contribution in [0.2, 0.25) is 0 Å². The first-order valence-electron chi connectivity index (χ1n) is 20.5. The average Bonchev–Trinajstić information content (AvgIpc) is 3.99. The molecule has 5 heterocycles. The highest BCUT2D eigenvalue weighted by atomic mass is 79.9. The number of halogens is 2. The summed E-state index contributed by atoms with van der Waals surface area (Å²) in [5.74, 6) is 0.261. The van der Waals surface area contributed by atoms with Gasteiger partial charge >= 0.3 is 11.4 Å². The highest BCUT2D eigenvalue weighted by Gasteiger charge is 2.34. The molecule has 1 unspecified atom stereocenters. The summed E-state index contributed by atoms with van der Waals surface area (Å²) in [6.07, 6.45) is 3.64. The summed E-state index contributed by atoms with van der Waals surface area (Å²) >= 11 is 9.59. The molecule has 0 aliphatic rings. The number of hydrogen-bond acceptors (Lipinski definition) is 12. The number of thioether (sulfide) groups is 2. The maximum Gasteiger partial charge on any atom is 0.332 e. The van der Waals surface area contributed by atoms with Crippen LogP contribution in [0, 0.1) is 0 Å². The van der Waals surface area contributed by atoms with Gasteiger partial charge in [-0.1, -0.05) is 101 Å². The molecule has 0 spiro atoms. The lowest BCUT2D eigenvalue weighted by Crippen LogP contribution is -2.45. The van der Waals surface area contributed by atoms with E-state index in [9.17, 15) is 28.8 Å². The molecular formula is C45H54Br2N10O7S2. The monoisotopic (exact) mass is 1070 g/mol. The number of carbonyl (C=O) groups is 2. The second kappa shape index (κ2) is 20.7. The van der Waals surface area contributed by atoms with Crippen LogP contribution in [-0.4, -0.2) is 65.3 Å². The number of imidazole rings is 2. The van der Waals surface area contributed by atoms with Crippen molar-refractivity contribution < 1.29 is 14.0 Å². The Hall–Kier alpha value is -5.25. The molecule has 66 heavy (non-hydrogen) atoms. The first-order valence-corrected chi connectivity index (χ1v) is 23.7. The van der Waals surface area contributed by atoms with E-state index >= 15 is 0 Å². The zero-order chi connectivity index (χ0) is 47.7. The van der Waals surface area contributed by atoms with E-state index in [0.717, 1.165) is 41.3 Å². The van der Waals surface area contributed by atoms with Crippen LogP contribution in [0.3, 0.4) is 0 Å². The topological polar surface area (TPSA) is 196 Å². The minimum Gasteiger partial charge on any atom is -0.447 e. The fourth-order valence-corrected chi connectivity index (χ4v) is 9.74. The summed E-state index contributed by atoms with van der Waals surface area (Å²) in [4.78, 5) is 89.2. The molecule has 0 aliphatic heterocycles. The maximum atomic E-state index is 13.1. The van der Waals surface area contributed by atoms with Crippen LogP contribution in [0.4, 0.5) is 0 Å². The average molecular weight is 1070 g/mol. The van der Waals surface area contributed by atoms with E-state index in [4.69, 9.17) is 9.40 Å². The van der Waals surface area contributed by atoms with E-state index in [1.165, 1.54) is 46.8 Å². The maximum absolute atomic E-state index is 13.1. The molecule has 0 aliphatic carbocycles. The number of amides is 1. The molecule has 7 rings (SSSR count). The predicted octanol–water partition coefficient (Wildman–Crippen LogP) is 6.67. The molecule has 0 fully saturated rings. The molecule has 17 nitrogen and oxygen atoms in total. The van der Waals surface area contributed by atoms with Gasteiger partial charge in [-0.05, 0) is 75.9 Å². The highest BCUT2D eigenvalue weighted by molar-refractivity contribution is 9.10. The summed E-state index contributed by atoms with van der Waals surface area (Å²) < 4.78 is 14.5. The van der Waals surface area contributed by atoms with Gasteiger partial charge in [-0.25, -0.2) is 24.5 Å². The van der Waals surface area contributed by atoms with Gasteiger partial charge in [0.15, 0.2) is 32.6 Å². The normalized spacial score (nSPS) is 12.2. The molecule has 1 atom stereocenters. The molecule has 5 aromatic heterocycles. The Morgan fingerprint density at radius 2 is 1.23 bits per heavy atom. The highest BCUT2D eigenvalue weighted by Crippen LogP contribution is 2.41. The van der Waals surface area contributed by atoms with Crippen LogP contribution in [-0.2, 0) is 62.0 Å². The van der Waals surface area contributed by atoms with Gasteiger partial charge < -0.3 is 23.7 Å². The molecule has 352 valence electrons. The van der Waals surface area contributed by atoms with Crippen molar-refractivity contribution in [2.45, 2.75) is 101 Å². The van der Waals surface area contributed by atoms with E-state index in [1.807, 2.05) is 80.8 Å². The number of carbonyl (C=O) groups excluding carboxylic acids is 2. The molecule has 0 bridgehead atoms. The van der Waals surface area contributed by atoms with Crippen molar-refractivity contribution in [1.29, 1.82) is 0 Å². The fraction of sp³-hybridized carbons (Fsp3) is 0.400. The van der Waals surface area contributed by atoms with Gasteiger partial charge in [0.2, 0.25) is 11.8 Å². The Kier molecular flexibility index (Phi) is 16.2. The van der Waals surface area contributed by atoms with Crippen molar-refractivity contribution in [2.75, 3.05) is 0 Å². The smallest absolute Gasteiger partial charge is 0.332 e. The van der Waals surface area contributed by atoms with E-state index in [2.05, 4.69) is 47.1 Å². The minimum atomic E-state index is -1.00. The largest absolute Gasteiger partial charge is 0.447 e. The molecule has 1 amide bonds. The summed E-state index contributed by atoms with van der Waals surface area (Å²) in [5, 5.41) is 3.77. The third-order valence-electron chi connectivity index (χ3n) is 10.7. The second-order valence-corrected chi connectivity index (χ2v) is 21.3. The molecule has 7 aromatic rings. The summed E-state index contributed by atoms with van der Waals surface area (Å²) in [6.45, 7) is 12.0. The molecule has 2 aromatic carbocycles. The number of fused-ring (bicyclic) bond motifs is 2. The minimum absolute atomic E-state index is 0. The number of nitrogens with zero attached hydrogens (tertiary/aromatic N) is 9. The Morgan fingerprint density at radius 1 is 0.758 bits per heavy atom. The van der Waals surface area contributed by atoms with Gasteiger partial charge in [0.1, 0.15) is 12.5 Å². The zero-order valence-corrected chi connectivity index (χ0v) is 42.4. The van der Waals surface area contributed by atoms with E-state index in [0.29, 0.717) is 53.2 Å². The number of oxazole rings is 1. The lowest BCUT2D eigenvalue weighted by molar-refractivity contribution is -0.125. The van der Waals surface area contributed by atoms with Crippen molar-refractivity contribution in [3.05, 3.63) is 128 Å². The summed E-state index contributed by atoms with van der Waals surface area (Å²) in [6, 6.07) is 15.0. The molecule has 0 radical (unpaired) electrons. The van der Waals surface area contributed by atoms with Crippen LogP contribution in [0.1, 0.15) is 78.1 Å². The lowest BCUT2D eigenvalue weighted by atomic mass is 10.1. The Labute approximate surface area is 406 Å². The zero-order valence-electron chi connectivity index (χ0n) is 37.6. The standard InChI is InChI=1S/C22H26BrN5O4S.C22H24BrN5O3S.CH4/c1-6-15(12-29)24-19(31)22(2,3)33-20-25-17-16(18(30)27(5)21(32)26(17)4)28(20)11-13-8-7-9-14(23)10-13;1-6-15-12-31-19(24-15)22(2,3)32-20-25-17-16(18(29)27(5)21(30)26(17)4)28(20)11-13-8-7-9-14(23)10-13;/h7-10,12,15H,6,11H2,1-5H3,(H,24,31);7-10,12H,6,11H2,1-5H3;1H4. The second-order valence-electron chi connectivity index (χ2n) is 16.3. The van der Waals surface area contributed by atoms with Gasteiger partial charge in [0, 0.05) is 37.1 Å². The number of nitrogens with one attached hydrogen (secondary N) is 1. The predicted molar refractivity (Wildman–Crippen MR) is 267 cm³/mol. The number of aryl methyl sites for hydroxylation is 3. The Morgan fingerprint density at radius 3 is 1.64 bits per heavy atom. The van der Waals surface area contributed by atoms with Crippen LogP contribution in [0.5, 0.6) is 0 Å². The first kappa shape index (κ1) is 51.7. The molecule has 0 saturated heterocycles. The van der Waals surface area contributed by atoms with E-state index in [-0.39, 0.29) is 30.1 Å². The van der Waals surface area contributed by atoms with Crippen molar-refractivity contribution in [3.8, 4) is 0 Å². The number of aldehydes is 1. The van der Waals surface area contributed by atoms with Crippen LogP contribution in [0.25, 0.3) is 22.3 Å². The molecule has 0 saturated carbocycles. The van der Waals surface area contributed by atoms with Crippen molar-refractivity contribution >= 4 is 89.9 Å². The molecular weight excluding hydrogens is 1020 g/mol. The Balaban J connectivity index is 0.000000244. The van der Waals surface area contributed by atoms with Crippen molar-refractivity contribution in [3.63, 3.8) is 0 Å². The van der Waals surface area contributed by atoms with E-state index in [1.54, 1.807) is 38.8 Å². The van der Waals surface area contributed by atoms with Gasteiger partial charge in [0.05, 0.1) is 34.3 Å². The third kappa shape index (κ3) is 10.6. The lowest BCUT2D eigenvalue weighted by Gasteiger charge is -2.24. The van der Waals surface area contributed by atoms with Gasteiger partial charge in [-0.2, -0.15) is 0 Å². The Bertz CT molecular complexity index is 3190. The van der Waals surface area contributed by atoms with Crippen LogP contribution in [0.15, 0.2) is 97.6 Å². The number of hydrogen-bond donors (Lipinski definition) is 1. The molecule has 1 N–H and O–H groups in total. The van der Waals surface area contributed by atoms with Crippen molar-refractivity contribution in [1.82, 2.24) is 47.7 Å². The fourth-order valence-electron chi connectivity index (χ4n) is 6.80. The third-order valence-corrected chi connectivity index (χ3v) is 14.0. The van der Waals surface area contributed by atoms with E-state index < -0.39 is 32.5 Å². The van der Waals surface area contributed by atoms with Crippen LogP contribution >= 0.6 is 55.4 Å². The number of aromatic nitrogens is 9. The molecule has 21 heteroatoms. The van der Waals surface area contributed by atoms with Gasteiger partial charge in [-0.3, -0.25) is 32.7 Å². The van der Waals surface area contributed by atoms with Gasteiger partial charge in [-0.15, -0.1) is 0 Å². The van der Waals surface area contributed by atoms with Crippen molar-refractivity contribution in [2.24, 2.45) is 28.2 Å².